The third-order valence-electron chi connectivity index (χ3n) is 4.34. The Morgan fingerprint density at radius 2 is 1.75 bits per heavy atom. The van der Waals surface area contributed by atoms with Crippen LogP contribution in [0.2, 0.25) is 0 Å². The average Bonchev–Trinajstić information content (AvgIpc) is 3.11. The Kier molecular flexibility index (Phi) is 5.73. The summed E-state index contributed by atoms with van der Waals surface area (Å²) in [6.45, 7) is 9.42. The van der Waals surface area contributed by atoms with E-state index in [2.05, 4.69) is 46.7 Å². The van der Waals surface area contributed by atoms with Crippen molar-refractivity contribution < 1.29 is 4.79 Å². The lowest BCUT2D eigenvalue weighted by Crippen LogP contribution is -2.29. The largest absolute Gasteiger partial charge is 0.367 e. The van der Waals surface area contributed by atoms with Crippen LogP contribution in [0.1, 0.15) is 42.4 Å². The van der Waals surface area contributed by atoms with Crippen molar-refractivity contribution in [3.8, 4) is 5.82 Å². The van der Waals surface area contributed by atoms with Crippen LogP contribution in [0.4, 0.5) is 5.82 Å². The molecule has 2 aromatic heterocycles. The minimum atomic E-state index is -0.0854. The molecule has 0 unspecified atom stereocenters. The molecule has 3 rings (SSSR count). The molecule has 7 heteroatoms. The Morgan fingerprint density at radius 1 is 1.00 bits per heavy atom. The number of carbonyl (C=O) groups excluding carboxylic acids is 1. The zero-order valence-corrected chi connectivity index (χ0v) is 16.7. The minimum absolute atomic E-state index is 0.0752. The van der Waals surface area contributed by atoms with Gasteiger partial charge in [-0.05, 0) is 48.2 Å². The number of amides is 1. The Balaban J connectivity index is 1.45. The Hall–Kier alpha value is -3.22. The van der Waals surface area contributed by atoms with Crippen LogP contribution in [0.3, 0.4) is 0 Å². The van der Waals surface area contributed by atoms with E-state index in [1.54, 1.807) is 4.68 Å². The van der Waals surface area contributed by atoms with Gasteiger partial charge in [0, 0.05) is 24.8 Å². The first-order valence-electron chi connectivity index (χ1n) is 9.32. The van der Waals surface area contributed by atoms with Gasteiger partial charge in [0.2, 0.25) is 0 Å². The van der Waals surface area contributed by atoms with Gasteiger partial charge < -0.3 is 10.6 Å². The summed E-state index contributed by atoms with van der Waals surface area (Å²) in [6.07, 6.45) is 1.84. The van der Waals surface area contributed by atoms with Crippen molar-refractivity contribution in [2.75, 3.05) is 18.4 Å². The second-order valence-corrected chi connectivity index (χ2v) is 7.69. The van der Waals surface area contributed by atoms with E-state index >= 15 is 0 Å². The van der Waals surface area contributed by atoms with E-state index in [1.807, 2.05) is 55.6 Å². The summed E-state index contributed by atoms with van der Waals surface area (Å²) < 4.78 is 1.68. The molecule has 0 aliphatic rings. The summed E-state index contributed by atoms with van der Waals surface area (Å²) in [6, 6.07) is 13.3. The van der Waals surface area contributed by atoms with Gasteiger partial charge in [0.15, 0.2) is 5.82 Å². The van der Waals surface area contributed by atoms with Crippen LogP contribution in [0.25, 0.3) is 5.82 Å². The van der Waals surface area contributed by atoms with E-state index in [0.29, 0.717) is 30.3 Å². The highest BCUT2D eigenvalue weighted by molar-refractivity contribution is 5.94. The molecule has 2 heterocycles. The summed E-state index contributed by atoms with van der Waals surface area (Å²) in [4.78, 5) is 12.2. The van der Waals surface area contributed by atoms with Gasteiger partial charge in [-0.2, -0.15) is 5.10 Å². The SMILES string of the molecule is Cc1ccn(-c2ccc(NCCNC(=O)c3ccc(C(C)(C)C)cc3)nn2)n1. The van der Waals surface area contributed by atoms with Crippen molar-refractivity contribution in [1.82, 2.24) is 25.3 Å². The highest BCUT2D eigenvalue weighted by Crippen LogP contribution is 2.22. The van der Waals surface area contributed by atoms with Gasteiger partial charge in [-0.25, -0.2) is 4.68 Å². The average molecular weight is 378 g/mol. The molecule has 146 valence electrons. The van der Waals surface area contributed by atoms with Crippen LogP contribution in [0.5, 0.6) is 0 Å². The van der Waals surface area contributed by atoms with Gasteiger partial charge in [-0.15, -0.1) is 10.2 Å². The zero-order chi connectivity index (χ0) is 20.1. The van der Waals surface area contributed by atoms with Crippen molar-refractivity contribution >= 4 is 11.7 Å². The number of rotatable bonds is 6. The number of nitrogens with one attached hydrogen (secondary N) is 2. The first-order valence-corrected chi connectivity index (χ1v) is 9.32. The summed E-state index contributed by atoms with van der Waals surface area (Å²) in [5.74, 6) is 1.22. The fraction of sp³-hybridized carbons (Fsp3) is 0.333. The highest BCUT2D eigenvalue weighted by Gasteiger charge is 2.14. The summed E-state index contributed by atoms with van der Waals surface area (Å²) in [5.41, 5.74) is 2.86. The number of anilines is 1. The fourth-order valence-electron chi connectivity index (χ4n) is 2.67. The molecule has 2 N–H and O–H groups in total. The van der Waals surface area contributed by atoms with Crippen molar-refractivity contribution in [2.45, 2.75) is 33.1 Å². The standard InChI is InChI=1S/C21H26N6O/c1-15-11-14-27(26-15)19-10-9-18(24-25-19)22-12-13-23-20(28)16-5-7-17(8-6-16)21(2,3)4/h5-11,14H,12-13H2,1-4H3,(H,22,24)(H,23,28). The van der Waals surface area contributed by atoms with E-state index in [-0.39, 0.29) is 11.3 Å². The molecule has 3 aromatic rings. The van der Waals surface area contributed by atoms with Crippen molar-refractivity contribution in [3.05, 3.63) is 65.5 Å². The van der Waals surface area contributed by atoms with Crippen LogP contribution in [0, 0.1) is 6.92 Å². The molecular weight excluding hydrogens is 352 g/mol. The van der Waals surface area contributed by atoms with E-state index in [1.165, 1.54) is 5.56 Å². The maximum atomic E-state index is 12.2. The molecule has 0 fully saturated rings. The predicted molar refractivity (Wildman–Crippen MR) is 110 cm³/mol. The third-order valence-corrected chi connectivity index (χ3v) is 4.34. The number of carbonyl (C=O) groups is 1. The van der Waals surface area contributed by atoms with Crippen molar-refractivity contribution in [1.29, 1.82) is 0 Å². The molecule has 1 aromatic carbocycles. The number of aryl methyl sites for hydroxylation is 1. The van der Waals surface area contributed by atoms with Crippen molar-refractivity contribution in [3.63, 3.8) is 0 Å². The molecule has 0 radical (unpaired) electrons. The molecule has 7 nitrogen and oxygen atoms in total. The van der Waals surface area contributed by atoms with Gasteiger partial charge in [-0.1, -0.05) is 32.9 Å². The van der Waals surface area contributed by atoms with Gasteiger partial charge in [0.25, 0.3) is 5.91 Å². The number of aromatic nitrogens is 4. The van der Waals surface area contributed by atoms with E-state index < -0.39 is 0 Å². The normalized spacial score (nSPS) is 11.3. The lowest BCUT2D eigenvalue weighted by molar-refractivity contribution is 0.0955. The minimum Gasteiger partial charge on any atom is -0.367 e. The quantitative estimate of drug-likeness (QED) is 0.644. The van der Waals surface area contributed by atoms with Gasteiger partial charge in [-0.3, -0.25) is 4.79 Å². The van der Waals surface area contributed by atoms with E-state index in [0.717, 1.165) is 5.69 Å². The van der Waals surface area contributed by atoms with Gasteiger partial charge in [0.1, 0.15) is 5.82 Å². The number of benzene rings is 1. The fourth-order valence-corrected chi connectivity index (χ4v) is 2.67. The number of nitrogens with zero attached hydrogens (tertiary/aromatic N) is 4. The van der Waals surface area contributed by atoms with Gasteiger partial charge in [0.05, 0.1) is 5.69 Å². The summed E-state index contributed by atoms with van der Waals surface area (Å²) in [7, 11) is 0. The van der Waals surface area contributed by atoms with E-state index in [4.69, 9.17) is 0 Å². The van der Waals surface area contributed by atoms with Crippen LogP contribution in [0.15, 0.2) is 48.7 Å². The van der Waals surface area contributed by atoms with Gasteiger partial charge >= 0.3 is 0 Å². The topological polar surface area (TPSA) is 84.7 Å². The molecule has 0 atom stereocenters. The molecule has 0 bridgehead atoms. The lowest BCUT2D eigenvalue weighted by atomic mass is 9.87. The second-order valence-electron chi connectivity index (χ2n) is 7.69. The molecule has 0 saturated heterocycles. The summed E-state index contributed by atoms with van der Waals surface area (Å²) >= 11 is 0. The maximum Gasteiger partial charge on any atom is 0.251 e. The third kappa shape index (κ3) is 4.94. The lowest BCUT2D eigenvalue weighted by Gasteiger charge is -2.19. The number of hydrogen-bond acceptors (Lipinski definition) is 5. The van der Waals surface area contributed by atoms with E-state index in [9.17, 15) is 4.79 Å². The molecule has 0 saturated carbocycles. The molecule has 28 heavy (non-hydrogen) atoms. The van der Waals surface area contributed by atoms with Crippen LogP contribution >= 0.6 is 0 Å². The molecule has 0 aliphatic heterocycles. The monoisotopic (exact) mass is 378 g/mol. The number of hydrogen-bond donors (Lipinski definition) is 2. The first-order chi connectivity index (χ1) is 13.3. The molecule has 0 aliphatic carbocycles. The Bertz CT molecular complexity index is 923. The molecule has 0 spiro atoms. The molecule has 1 amide bonds. The Labute approximate surface area is 165 Å². The second kappa shape index (κ2) is 8.21. The smallest absolute Gasteiger partial charge is 0.251 e. The van der Waals surface area contributed by atoms with Crippen LogP contribution in [-0.4, -0.2) is 39.0 Å². The van der Waals surface area contributed by atoms with Crippen LogP contribution in [-0.2, 0) is 5.41 Å². The zero-order valence-electron chi connectivity index (χ0n) is 16.7. The van der Waals surface area contributed by atoms with Crippen LogP contribution < -0.4 is 10.6 Å². The highest BCUT2D eigenvalue weighted by atomic mass is 16.1. The molecular formula is C21H26N6O. The Morgan fingerprint density at radius 3 is 2.32 bits per heavy atom. The first kappa shape index (κ1) is 19.5. The summed E-state index contributed by atoms with van der Waals surface area (Å²) in [5, 5.41) is 18.6. The van der Waals surface area contributed by atoms with Crippen molar-refractivity contribution in [2.24, 2.45) is 0 Å². The maximum absolute atomic E-state index is 12.2. The predicted octanol–water partition coefficient (Wildman–Crippen LogP) is 3.11.